The van der Waals surface area contributed by atoms with E-state index in [4.69, 9.17) is 16.3 Å². The first-order chi connectivity index (χ1) is 16.1. The van der Waals surface area contributed by atoms with E-state index in [1.165, 1.54) is 19.2 Å². The average Bonchev–Trinajstić information content (AvgIpc) is 2.79. The molecule has 3 rings (SSSR count). The molecule has 0 fully saturated rings. The third kappa shape index (κ3) is 7.36. The number of nitrogens with zero attached hydrogens (tertiary/aromatic N) is 2. The number of methoxy groups -OCH3 is 1. The van der Waals surface area contributed by atoms with Crippen LogP contribution < -0.4 is 4.72 Å². The SMILES string of the molecule is COC(=O)c1ccc(CN(Cc2cccnc2)CC(C)(C)NS(=O)(=O)c2ccc(Cl)cc2)cc1. The number of halogens is 1. The summed E-state index contributed by atoms with van der Waals surface area (Å²) in [6.45, 7) is 5.22. The standard InChI is InChI=1S/C25H28ClN3O4S/c1-25(2,28-34(31,32)23-12-10-22(26)11-13-23)18-29(17-20-5-4-14-27-15-20)16-19-6-8-21(9-7-19)24(30)33-3/h4-15,28H,16-18H2,1-3H3. The lowest BCUT2D eigenvalue weighted by molar-refractivity contribution is 0.0600. The van der Waals surface area contributed by atoms with Gasteiger partial charge in [-0.15, -0.1) is 0 Å². The summed E-state index contributed by atoms with van der Waals surface area (Å²) in [4.78, 5) is 18.2. The number of hydrogen-bond donors (Lipinski definition) is 1. The van der Waals surface area contributed by atoms with Gasteiger partial charge in [0, 0.05) is 42.6 Å². The minimum atomic E-state index is -3.74. The number of carbonyl (C=O) groups excluding carboxylic acids is 1. The van der Waals surface area contributed by atoms with Crippen LogP contribution in [0.4, 0.5) is 0 Å². The van der Waals surface area contributed by atoms with Crippen LogP contribution in [0.3, 0.4) is 0 Å². The van der Waals surface area contributed by atoms with E-state index < -0.39 is 21.5 Å². The molecule has 9 heteroatoms. The Bertz CT molecular complexity index is 1200. The number of aromatic nitrogens is 1. The van der Waals surface area contributed by atoms with Gasteiger partial charge in [-0.3, -0.25) is 9.88 Å². The van der Waals surface area contributed by atoms with Crippen LogP contribution in [0.5, 0.6) is 0 Å². The zero-order valence-electron chi connectivity index (χ0n) is 19.4. The minimum absolute atomic E-state index is 0.155. The Hall–Kier alpha value is -2.78. The molecule has 34 heavy (non-hydrogen) atoms. The molecule has 0 unspecified atom stereocenters. The number of nitrogens with one attached hydrogen (secondary N) is 1. The van der Waals surface area contributed by atoms with Gasteiger partial charge in [0.05, 0.1) is 17.6 Å². The number of benzene rings is 2. The Morgan fingerprint density at radius 3 is 2.26 bits per heavy atom. The van der Waals surface area contributed by atoms with Crippen LogP contribution in [0.2, 0.25) is 5.02 Å². The molecular formula is C25H28ClN3O4S. The Morgan fingerprint density at radius 1 is 1.03 bits per heavy atom. The van der Waals surface area contributed by atoms with Crippen molar-refractivity contribution >= 4 is 27.6 Å². The number of hydrogen-bond acceptors (Lipinski definition) is 6. The second-order valence-corrected chi connectivity index (χ2v) is 10.8. The van der Waals surface area contributed by atoms with Gasteiger partial charge in [0.2, 0.25) is 10.0 Å². The first-order valence-corrected chi connectivity index (χ1v) is 12.5. The Morgan fingerprint density at radius 2 is 1.68 bits per heavy atom. The second-order valence-electron chi connectivity index (χ2n) is 8.64. The highest BCUT2D eigenvalue weighted by atomic mass is 35.5. The molecule has 3 aromatic rings. The summed E-state index contributed by atoms with van der Waals surface area (Å²) in [6.07, 6.45) is 3.50. The molecule has 0 saturated heterocycles. The van der Waals surface area contributed by atoms with Crippen LogP contribution in [0, 0.1) is 0 Å². The topological polar surface area (TPSA) is 88.6 Å². The fraction of sp³-hybridized carbons (Fsp3) is 0.280. The van der Waals surface area contributed by atoms with Crippen molar-refractivity contribution in [2.24, 2.45) is 0 Å². The Kier molecular flexibility index (Phi) is 8.43. The number of pyridine rings is 1. The number of esters is 1. The predicted octanol–water partition coefficient (Wildman–Crippen LogP) is 4.28. The number of rotatable bonds is 10. The average molecular weight is 502 g/mol. The van der Waals surface area contributed by atoms with Gasteiger partial charge in [0.1, 0.15) is 0 Å². The lowest BCUT2D eigenvalue weighted by Crippen LogP contribution is -2.51. The van der Waals surface area contributed by atoms with Gasteiger partial charge < -0.3 is 4.74 Å². The van der Waals surface area contributed by atoms with E-state index in [0.717, 1.165) is 11.1 Å². The van der Waals surface area contributed by atoms with E-state index in [9.17, 15) is 13.2 Å². The zero-order valence-corrected chi connectivity index (χ0v) is 20.9. The summed E-state index contributed by atoms with van der Waals surface area (Å²) >= 11 is 5.90. The monoisotopic (exact) mass is 501 g/mol. The molecule has 0 aliphatic carbocycles. The molecular weight excluding hydrogens is 474 g/mol. The van der Waals surface area contributed by atoms with Crippen LogP contribution in [0.25, 0.3) is 0 Å². The summed E-state index contributed by atoms with van der Waals surface area (Å²) in [5, 5.41) is 0.471. The van der Waals surface area contributed by atoms with Gasteiger partial charge in [-0.05, 0) is 67.4 Å². The maximum atomic E-state index is 13.0. The van der Waals surface area contributed by atoms with Crippen molar-refractivity contribution in [1.82, 2.24) is 14.6 Å². The molecule has 0 saturated carbocycles. The van der Waals surface area contributed by atoms with E-state index >= 15 is 0 Å². The molecule has 0 atom stereocenters. The molecule has 7 nitrogen and oxygen atoms in total. The molecule has 0 aliphatic heterocycles. The van der Waals surface area contributed by atoms with Gasteiger partial charge in [-0.2, -0.15) is 0 Å². The number of ether oxygens (including phenoxy) is 1. The van der Waals surface area contributed by atoms with Crippen LogP contribution in [0.1, 0.15) is 35.3 Å². The molecule has 0 amide bonds. The molecule has 1 aromatic heterocycles. The summed E-state index contributed by atoms with van der Waals surface area (Å²) in [5.74, 6) is -0.392. The molecule has 0 radical (unpaired) electrons. The van der Waals surface area contributed by atoms with E-state index in [2.05, 4.69) is 14.6 Å². The predicted molar refractivity (Wildman–Crippen MR) is 132 cm³/mol. The highest BCUT2D eigenvalue weighted by molar-refractivity contribution is 7.89. The van der Waals surface area contributed by atoms with E-state index in [-0.39, 0.29) is 4.90 Å². The van der Waals surface area contributed by atoms with E-state index in [0.29, 0.717) is 30.2 Å². The largest absolute Gasteiger partial charge is 0.465 e. The van der Waals surface area contributed by atoms with Crippen LogP contribution in [0.15, 0.2) is 78.0 Å². The fourth-order valence-electron chi connectivity index (χ4n) is 3.67. The van der Waals surface area contributed by atoms with Crippen molar-refractivity contribution in [2.75, 3.05) is 13.7 Å². The van der Waals surface area contributed by atoms with Crippen LogP contribution >= 0.6 is 11.6 Å². The molecule has 0 bridgehead atoms. The lowest BCUT2D eigenvalue weighted by atomic mass is 10.0. The van der Waals surface area contributed by atoms with Crippen molar-refractivity contribution in [3.05, 3.63) is 94.8 Å². The van der Waals surface area contributed by atoms with Crippen molar-refractivity contribution in [2.45, 2.75) is 37.4 Å². The molecule has 1 heterocycles. The zero-order chi connectivity index (χ0) is 24.8. The van der Waals surface area contributed by atoms with Crippen LogP contribution in [-0.2, 0) is 27.8 Å². The molecule has 1 N–H and O–H groups in total. The van der Waals surface area contributed by atoms with Crippen molar-refractivity contribution in [3.8, 4) is 0 Å². The van der Waals surface area contributed by atoms with Gasteiger partial charge in [0.25, 0.3) is 0 Å². The maximum Gasteiger partial charge on any atom is 0.337 e. The third-order valence-corrected chi connectivity index (χ3v) is 7.03. The first-order valence-electron chi connectivity index (χ1n) is 10.7. The molecule has 180 valence electrons. The molecule has 0 aliphatic rings. The Labute approximate surface area is 205 Å². The van der Waals surface area contributed by atoms with Crippen molar-refractivity contribution in [1.29, 1.82) is 0 Å². The van der Waals surface area contributed by atoms with E-state index in [1.54, 1.807) is 36.7 Å². The lowest BCUT2D eigenvalue weighted by Gasteiger charge is -2.33. The van der Waals surface area contributed by atoms with Crippen LogP contribution in [-0.4, -0.2) is 43.5 Å². The first kappa shape index (κ1) is 25.8. The van der Waals surface area contributed by atoms with Gasteiger partial charge in [-0.25, -0.2) is 17.9 Å². The minimum Gasteiger partial charge on any atom is -0.465 e. The van der Waals surface area contributed by atoms with Gasteiger partial charge in [-0.1, -0.05) is 29.8 Å². The maximum absolute atomic E-state index is 13.0. The number of carbonyl (C=O) groups is 1. The summed E-state index contributed by atoms with van der Waals surface area (Å²) in [5.41, 5.74) is 1.67. The quantitative estimate of drug-likeness (QED) is 0.417. The smallest absolute Gasteiger partial charge is 0.337 e. The van der Waals surface area contributed by atoms with Crippen molar-refractivity contribution < 1.29 is 17.9 Å². The summed E-state index contributed by atoms with van der Waals surface area (Å²) in [7, 11) is -2.40. The molecule has 0 spiro atoms. The summed E-state index contributed by atoms with van der Waals surface area (Å²) in [6, 6.07) is 17.1. The van der Waals surface area contributed by atoms with Gasteiger partial charge >= 0.3 is 5.97 Å². The Balaban J connectivity index is 1.79. The number of sulfonamides is 1. The van der Waals surface area contributed by atoms with Gasteiger partial charge in [0.15, 0.2) is 0 Å². The highest BCUT2D eigenvalue weighted by Crippen LogP contribution is 2.19. The third-order valence-electron chi connectivity index (χ3n) is 5.06. The second kappa shape index (κ2) is 11.1. The normalized spacial score (nSPS) is 12.0. The highest BCUT2D eigenvalue weighted by Gasteiger charge is 2.28. The summed E-state index contributed by atoms with van der Waals surface area (Å²) < 4.78 is 33.5. The van der Waals surface area contributed by atoms with E-state index in [1.807, 2.05) is 38.1 Å². The molecule has 2 aromatic carbocycles. The van der Waals surface area contributed by atoms with Crippen molar-refractivity contribution in [3.63, 3.8) is 0 Å². The fourth-order valence-corrected chi connectivity index (χ4v) is 5.20.